The minimum Gasteiger partial charge on any atom is -0.490 e. The predicted molar refractivity (Wildman–Crippen MR) is 132 cm³/mol. The van der Waals surface area contributed by atoms with Crippen molar-refractivity contribution in [3.05, 3.63) is 84.0 Å². The fraction of sp³-hybridized carbons (Fsp3) is 0.222. The second kappa shape index (κ2) is 11.1. The summed E-state index contributed by atoms with van der Waals surface area (Å²) in [5, 5.41) is 2.25. The van der Waals surface area contributed by atoms with Gasteiger partial charge in [-0.15, -0.1) is 6.58 Å². The van der Waals surface area contributed by atoms with Crippen molar-refractivity contribution >= 4 is 29.6 Å². The van der Waals surface area contributed by atoms with Gasteiger partial charge in [-0.1, -0.05) is 37.8 Å². The summed E-state index contributed by atoms with van der Waals surface area (Å²) in [6, 6.07) is 9.76. The van der Waals surface area contributed by atoms with Gasteiger partial charge in [0.05, 0.1) is 12.3 Å². The standard InChI is InChI=1S/C27H28N2O5/c1-5-9-20-15-19(17-23(33-8-4)24(20)34-14-6-2)16-22-25(30)28-27(32)29(26(22)31)21-12-10-18(7-3)11-13-21/h5-6,10-13,15-17H,1-2,7-9,14H2,3-4H3,(H,28,30,32)/b22-16-. The molecule has 2 aromatic rings. The maximum absolute atomic E-state index is 13.2. The monoisotopic (exact) mass is 460 g/mol. The molecule has 4 amide bonds. The predicted octanol–water partition coefficient (Wildman–Crippen LogP) is 4.61. The van der Waals surface area contributed by atoms with Gasteiger partial charge in [0.2, 0.25) is 0 Å². The van der Waals surface area contributed by atoms with Crippen molar-refractivity contribution < 1.29 is 23.9 Å². The zero-order valence-corrected chi connectivity index (χ0v) is 19.4. The number of aryl methyl sites for hydroxylation is 1. The first-order valence-electron chi connectivity index (χ1n) is 11.1. The zero-order chi connectivity index (χ0) is 24.7. The lowest BCUT2D eigenvalue weighted by molar-refractivity contribution is -0.122. The molecule has 0 saturated carbocycles. The minimum absolute atomic E-state index is 0.161. The summed E-state index contributed by atoms with van der Waals surface area (Å²) < 4.78 is 11.6. The number of benzene rings is 2. The topological polar surface area (TPSA) is 84.9 Å². The number of amides is 4. The first-order chi connectivity index (χ1) is 16.4. The van der Waals surface area contributed by atoms with E-state index in [2.05, 4.69) is 18.5 Å². The number of carbonyl (C=O) groups is 3. The van der Waals surface area contributed by atoms with Crippen LogP contribution in [0, 0.1) is 0 Å². The summed E-state index contributed by atoms with van der Waals surface area (Å²) in [6.45, 7) is 12.0. The third-order valence-electron chi connectivity index (χ3n) is 5.18. The Kier molecular flexibility index (Phi) is 8.03. The molecule has 34 heavy (non-hydrogen) atoms. The lowest BCUT2D eigenvalue weighted by Gasteiger charge is -2.26. The van der Waals surface area contributed by atoms with E-state index in [0.717, 1.165) is 22.4 Å². The Hall–Kier alpha value is -4.13. The lowest BCUT2D eigenvalue weighted by Crippen LogP contribution is -2.54. The van der Waals surface area contributed by atoms with Gasteiger partial charge in [-0.2, -0.15) is 0 Å². The number of anilines is 1. The fourth-order valence-electron chi connectivity index (χ4n) is 3.58. The van der Waals surface area contributed by atoms with Gasteiger partial charge in [0.25, 0.3) is 11.8 Å². The molecule has 0 bridgehead atoms. The van der Waals surface area contributed by atoms with Crippen LogP contribution < -0.4 is 19.7 Å². The molecule has 1 aliphatic rings. The van der Waals surface area contributed by atoms with Gasteiger partial charge in [0.15, 0.2) is 11.5 Å². The molecule has 7 heteroatoms. The Morgan fingerprint density at radius 1 is 1.00 bits per heavy atom. The molecular formula is C27H28N2O5. The average Bonchev–Trinajstić information content (AvgIpc) is 2.82. The number of rotatable bonds is 10. The highest BCUT2D eigenvalue weighted by Crippen LogP contribution is 2.35. The molecule has 1 aliphatic heterocycles. The van der Waals surface area contributed by atoms with Crippen LogP contribution >= 0.6 is 0 Å². The van der Waals surface area contributed by atoms with E-state index in [0.29, 0.717) is 42.4 Å². The number of hydrogen-bond acceptors (Lipinski definition) is 5. The van der Waals surface area contributed by atoms with Crippen LogP contribution in [0.15, 0.2) is 67.3 Å². The van der Waals surface area contributed by atoms with Crippen molar-refractivity contribution in [2.24, 2.45) is 0 Å². The van der Waals surface area contributed by atoms with E-state index >= 15 is 0 Å². The lowest BCUT2D eigenvalue weighted by atomic mass is 10.0. The molecule has 0 atom stereocenters. The first-order valence-corrected chi connectivity index (χ1v) is 11.1. The highest BCUT2D eigenvalue weighted by molar-refractivity contribution is 6.39. The molecule has 0 aliphatic carbocycles. The number of allylic oxidation sites excluding steroid dienone is 1. The van der Waals surface area contributed by atoms with Crippen molar-refractivity contribution in [1.29, 1.82) is 0 Å². The molecule has 1 heterocycles. The van der Waals surface area contributed by atoms with Crippen molar-refractivity contribution in [3.63, 3.8) is 0 Å². The quantitative estimate of drug-likeness (QED) is 0.318. The van der Waals surface area contributed by atoms with E-state index < -0.39 is 17.8 Å². The number of imide groups is 2. The Morgan fingerprint density at radius 2 is 1.74 bits per heavy atom. The summed E-state index contributed by atoms with van der Waals surface area (Å²) in [5.41, 5.74) is 2.62. The SMILES string of the molecule is C=CCOc1c(CC=C)cc(/C=C2/C(=O)NC(=O)N(c3ccc(CC)cc3)C2=O)cc1OCC. The maximum atomic E-state index is 13.2. The molecule has 0 unspecified atom stereocenters. The largest absolute Gasteiger partial charge is 0.490 e. The van der Waals surface area contributed by atoms with Crippen LogP contribution in [-0.4, -0.2) is 31.1 Å². The molecular weight excluding hydrogens is 432 g/mol. The van der Waals surface area contributed by atoms with Crippen LogP contribution in [0.1, 0.15) is 30.5 Å². The molecule has 1 fully saturated rings. The molecule has 0 spiro atoms. The van der Waals surface area contributed by atoms with Gasteiger partial charge >= 0.3 is 6.03 Å². The Bertz CT molecular complexity index is 1150. The second-order valence-corrected chi connectivity index (χ2v) is 7.51. The molecule has 2 aromatic carbocycles. The molecule has 0 radical (unpaired) electrons. The van der Waals surface area contributed by atoms with Crippen molar-refractivity contribution in [2.45, 2.75) is 26.7 Å². The summed E-state index contributed by atoms with van der Waals surface area (Å²) in [5.74, 6) is -0.432. The number of urea groups is 1. The second-order valence-electron chi connectivity index (χ2n) is 7.51. The molecule has 1 N–H and O–H groups in total. The van der Waals surface area contributed by atoms with Gasteiger partial charge < -0.3 is 9.47 Å². The number of nitrogens with zero attached hydrogens (tertiary/aromatic N) is 1. The average molecular weight is 461 g/mol. The summed E-state index contributed by atoms with van der Waals surface area (Å²) >= 11 is 0. The van der Waals surface area contributed by atoms with Gasteiger partial charge in [0.1, 0.15) is 12.2 Å². The zero-order valence-electron chi connectivity index (χ0n) is 19.4. The highest BCUT2D eigenvalue weighted by atomic mass is 16.5. The number of carbonyl (C=O) groups excluding carboxylic acids is 3. The van der Waals surface area contributed by atoms with Crippen LogP contribution in [-0.2, 0) is 22.4 Å². The molecule has 176 valence electrons. The van der Waals surface area contributed by atoms with E-state index in [4.69, 9.17) is 9.47 Å². The number of ether oxygens (including phenoxy) is 2. The van der Waals surface area contributed by atoms with Crippen molar-refractivity contribution in [3.8, 4) is 11.5 Å². The first kappa shape index (κ1) is 24.5. The summed E-state index contributed by atoms with van der Waals surface area (Å²) in [4.78, 5) is 39.3. The van der Waals surface area contributed by atoms with E-state index in [9.17, 15) is 14.4 Å². The number of nitrogens with one attached hydrogen (secondary N) is 1. The Labute approximate surface area is 199 Å². The highest BCUT2D eigenvalue weighted by Gasteiger charge is 2.36. The van der Waals surface area contributed by atoms with Crippen LogP contribution in [0.3, 0.4) is 0 Å². The maximum Gasteiger partial charge on any atom is 0.335 e. The van der Waals surface area contributed by atoms with Crippen LogP contribution in [0.4, 0.5) is 10.5 Å². The van der Waals surface area contributed by atoms with Gasteiger partial charge in [-0.3, -0.25) is 14.9 Å². The molecule has 7 nitrogen and oxygen atoms in total. The van der Waals surface area contributed by atoms with E-state index in [1.54, 1.807) is 36.4 Å². The third-order valence-corrected chi connectivity index (χ3v) is 5.18. The van der Waals surface area contributed by atoms with Crippen LogP contribution in [0.2, 0.25) is 0 Å². The smallest absolute Gasteiger partial charge is 0.335 e. The van der Waals surface area contributed by atoms with E-state index in [1.165, 1.54) is 6.08 Å². The molecule has 1 saturated heterocycles. The molecule has 3 rings (SSSR count). The van der Waals surface area contributed by atoms with Gasteiger partial charge in [0, 0.05) is 5.56 Å². The van der Waals surface area contributed by atoms with Crippen LogP contribution in [0.5, 0.6) is 11.5 Å². The van der Waals surface area contributed by atoms with Crippen molar-refractivity contribution in [1.82, 2.24) is 5.32 Å². The Balaban J connectivity index is 2.05. The number of barbiturate groups is 1. The molecule has 0 aromatic heterocycles. The Morgan fingerprint density at radius 3 is 2.35 bits per heavy atom. The van der Waals surface area contributed by atoms with E-state index in [1.807, 2.05) is 26.0 Å². The summed E-state index contributed by atoms with van der Waals surface area (Å²) in [6.07, 6.45) is 6.11. The fourth-order valence-corrected chi connectivity index (χ4v) is 3.58. The summed E-state index contributed by atoms with van der Waals surface area (Å²) in [7, 11) is 0. The number of hydrogen-bond donors (Lipinski definition) is 1. The van der Waals surface area contributed by atoms with Gasteiger partial charge in [-0.05, 0) is 61.2 Å². The normalized spacial score (nSPS) is 14.7. The third kappa shape index (κ3) is 5.26. The van der Waals surface area contributed by atoms with Crippen LogP contribution in [0.25, 0.3) is 6.08 Å². The van der Waals surface area contributed by atoms with Gasteiger partial charge in [-0.25, -0.2) is 9.69 Å². The van der Waals surface area contributed by atoms with Crippen molar-refractivity contribution in [2.75, 3.05) is 18.1 Å². The minimum atomic E-state index is -0.785. The van der Waals surface area contributed by atoms with E-state index in [-0.39, 0.29) is 5.57 Å².